The van der Waals surface area contributed by atoms with Crippen LogP contribution < -0.4 is 0 Å². The number of rotatable bonds is 4. The van der Waals surface area contributed by atoms with Gasteiger partial charge < -0.3 is 0 Å². The van der Waals surface area contributed by atoms with Crippen LogP contribution in [0.15, 0.2) is 24.8 Å². The van der Waals surface area contributed by atoms with E-state index in [0.29, 0.717) is 17.5 Å². The van der Waals surface area contributed by atoms with Crippen molar-refractivity contribution in [2.45, 2.75) is 78.1 Å². The first-order valence-corrected chi connectivity index (χ1v) is 9.67. The Hall–Kier alpha value is -1.18. The Kier molecular flexibility index (Phi) is 7.22. The number of hydrogen-bond acceptors (Lipinski definition) is 0. The highest BCUT2D eigenvalue weighted by molar-refractivity contribution is 5.30. The number of hydrogen-bond donors (Lipinski definition) is 0. The van der Waals surface area contributed by atoms with Crippen LogP contribution in [0.2, 0.25) is 0 Å². The van der Waals surface area contributed by atoms with Gasteiger partial charge in [-0.2, -0.15) is 0 Å². The average molecular weight is 353 g/mol. The monoisotopic (exact) mass is 352 g/mol. The Labute approximate surface area is 155 Å². The third-order valence-corrected chi connectivity index (χ3v) is 6.50. The van der Waals surface area contributed by atoms with Crippen LogP contribution in [0, 0.1) is 29.4 Å². The normalized spacial score (nSPS) is 29.7. The largest absolute Gasteiger partial charge is 0.203 e. The van der Waals surface area contributed by atoms with Crippen LogP contribution >= 0.6 is 0 Å². The van der Waals surface area contributed by atoms with Gasteiger partial charge in [0.15, 0.2) is 11.6 Å². The van der Waals surface area contributed by atoms with Gasteiger partial charge in [-0.15, -0.1) is 6.58 Å². The maximum absolute atomic E-state index is 14.5. The molecule has 3 rings (SSSR count). The van der Waals surface area contributed by atoms with Gasteiger partial charge in [-0.25, -0.2) is 8.78 Å². The highest BCUT2D eigenvalue weighted by atomic mass is 19.2. The Bertz CT molecular complexity index is 572. The summed E-state index contributed by atoms with van der Waals surface area (Å²) in [5.41, 5.74) is 1.01. The molecule has 0 nitrogen and oxygen atoms in total. The molecule has 0 radical (unpaired) electrons. The smallest absolute Gasteiger partial charge is 0.162 e. The van der Waals surface area contributed by atoms with Crippen molar-refractivity contribution in [2.75, 3.05) is 0 Å². The maximum Gasteiger partial charge on any atom is 0.162 e. The molecule has 0 aliphatic heterocycles. The van der Waals surface area contributed by atoms with E-state index in [-0.39, 0.29) is 16.2 Å². The predicted octanol–water partition coefficient (Wildman–Crippen LogP) is 7.92. The second-order valence-electron chi connectivity index (χ2n) is 8.07. The van der Waals surface area contributed by atoms with Crippen LogP contribution in [0.3, 0.4) is 0 Å². The lowest BCUT2D eigenvalue weighted by Crippen LogP contribution is -2.25. The summed E-state index contributed by atoms with van der Waals surface area (Å²) in [4.78, 5) is 0. The number of halogens is 2. The van der Waals surface area contributed by atoms with Crippen LogP contribution in [0.25, 0.3) is 0 Å². The molecule has 0 atom stereocenters. The Morgan fingerprint density at radius 1 is 0.960 bits per heavy atom. The average Bonchev–Trinajstić information content (AvgIpc) is 2.60. The van der Waals surface area contributed by atoms with Crippen LogP contribution in [0.5, 0.6) is 0 Å². The van der Waals surface area contributed by atoms with Gasteiger partial charge in [0.25, 0.3) is 0 Å². The van der Waals surface area contributed by atoms with E-state index >= 15 is 0 Å². The molecule has 1 aromatic carbocycles. The van der Waals surface area contributed by atoms with E-state index in [9.17, 15) is 8.78 Å². The lowest BCUT2D eigenvalue weighted by molar-refractivity contribution is 0.164. The van der Waals surface area contributed by atoms with Crippen LogP contribution in [-0.4, -0.2) is 0 Å². The molecular formula is C23H38F2. The van der Waals surface area contributed by atoms with Gasteiger partial charge >= 0.3 is 0 Å². The van der Waals surface area contributed by atoms with Crippen LogP contribution in [0.1, 0.15) is 85.6 Å². The molecule has 0 spiro atoms. The molecule has 0 unspecified atom stereocenters. The van der Waals surface area contributed by atoms with E-state index in [2.05, 4.69) is 13.5 Å². The maximum atomic E-state index is 14.5. The molecule has 0 heterocycles. The summed E-state index contributed by atoms with van der Waals surface area (Å²) in [6.07, 6.45) is 11.9. The van der Waals surface area contributed by atoms with E-state index in [1.807, 2.05) is 6.07 Å². The molecule has 2 aliphatic carbocycles. The standard InChI is InChI=1S/C22H30F2.CH4.2H2/c1-3-4-19-13-14-20(22(24)21(19)23)18-11-9-17(10-12-18)16-7-5-15(2)6-8-16;;;/h3,13-18H,1,4-12H2,2H3;1H4;2*1H. The zero-order valence-corrected chi connectivity index (χ0v) is 14.9. The summed E-state index contributed by atoms with van der Waals surface area (Å²) in [5, 5.41) is 0. The Morgan fingerprint density at radius 2 is 1.52 bits per heavy atom. The van der Waals surface area contributed by atoms with Gasteiger partial charge in [0, 0.05) is 2.85 Å². The molecule has 0 aromatic heterocycles. The molecule has 2 fully saturated rings. The Balaban J connectivity index is 0.00000225. The summed E-state index contributed by atoms with van der Waals surface area (Å²) >= 11 is 0. The van der Waals surface area contributed by atoms with Gasteiger partial charge in [0.1, 0.15) is 0 Å². The minimum absolute atomic E-state index is 0. The van der Waals surface area contributed by atoms with E-state index < -0.39 is 11.6 Å². The second kappa shape index (κ2) is 8.96. The van der Waals surface area contributed by atoms with Gasteiger partial charge in [0.2, 0.25) is 0 Å². The summed E-state index contributed by atoms with van der Waals surface area (Å²) in [5.74, 6) is 1.47. The fourth-order valence-corrected chi connectivity index (χ4v) is 4.89. The highest BCUT2D eigenvalue weighted by Gasteiger charge is 2.31. The first-order valence-electron chi connectivity index (χ1n) is 9.67. The second-order valence-corrected chi connectivity index (χ2v) is 8.07. The van der Waals surface area contributed by atoms with Gasteiger partial charge in [-0.1, -0.05) is 45.4 Å². The molecule has 2 aliphatic rings. The molecule has 25 heavy (non-hydrogen) atoms. The van der Waals surface area contributed by atoms with Gasteiger partial charge in [-0.3, -0.25) is 0 Å². The zero-order chi connectivity index (χ0) is 17.1. The molecule has 0 amide bonds. The van der Waals surface area contributed by atoms with Crippen molar-refractivity contribution in [1.82, 2.24) is 0 Å². The zero-order valence-electron chi connectivity index (χ0n) is 14.9. The fourth-order valence-electron chi connectivity index (χ4n) is 4.89. The van der Waals surface area contributed by atoms with Crippen LogP contribution in [0.4, 0.5) is 8.78 Å². The lowest BCUT2D eigenvalue weighted by atomic mass is 9.68. The van der Waals surface area contributed by atoms with Crippen LogP contribution in [-0.2, 0) is 6.42 Å². The van der Waals surface area contributed by atoms with Crippen molar-refractivity contribution in [3.05, 3.63) is 47.5 Å². The van der Waals surface area contributed by atoms with Crippen molar-refractivity contribution in [3.63, 3.8) is 0 Å². The van der Waals surface area contributed by atoms with E-state index in [0.717, 1.165) is 30.6 Å². The number of allylic oxidation sites excluding steroid dienone is 1. The molecular weight excluding hydrogens is 314 g/mol. The topological polar surface area (TPSA) is 0 Å². The van der Waals surface area contributed by atoms with Crippen molar-refractivity contribution >= 4 is 0 Å². The predicted molar refractivity (Wildman–Crippen MR) is 107 cm³/mol. The minimum atomic E-state index is -0.671. The molecule has 144 valence electrons. The van der Waals surface area contributed by atoms with E-state index in [1.54, 1.807) is 12.1 Å². The van der Waals surface area contributed by atoms with Crippen molar-refractivity contribution in [3.8, 4) is 0 Å². The fraction of sp³-hybridized carbons (Fsp3) is 0.652. The molecule has 0 saturated heterocycles. The SMILES string of the molecule is C.C=CCc1ccc(C2CCC(C3CCC(C)CC3)CC2)c(F)c1F.[HH].[HH]. The first-order chi connectivity index (χ1) is 11.6. The van der Waals surface area contributed by atoms with Crippen molar-refractivity contribution in [2.24, 2.45) is 17.8 Å². The highest BCUT2D eigenvalue weighted by Crippen LogP contribution is 2.44. The first kappa shape index (κ1) is 20.1. The molecule has 0 N–H and O–H groups in total. The lowest BCUT2D eigenvalue weighted by Gasteiger charge is -2.37. The summed E-state index contributed by atoms with van der Waals surface area (Å²) in [7, 11) is 0. The van der Waals surface area contributed by atoms with E-state index in [4.69, 9.17) is 0 Å². The minimum Gasteiger partial charge on any atom is -0.203 e. The van der Waals surface area contributed by atoms with Gasteiger partial charge in [0.05, 0.1) is 0 Å². The third kappa shape index (κ3) is 4.51. The summed E-state index contributed by atoms with van der Waals surface area (Å²) in [6, 6.07) is 3.55. The third-order valence-electron chi connectivity index (χ3n) is 6.50. The van der Waals surface area contributed by atoms with E-state index in [1.165, 1.54) is 38.5 Å². The van der Waals surface area contributed by atoms with Crippen molar-refractivity contribution in [1.29, 1.82) is 0 Å². The Morgan fingerprint density at radius 3 is 2.08 bits per heavy atom. The molecule has 0 bridgehead atoms. The molecule has 2 heteroatoms. The number of benzene rings is 1. The molecule has 1 aromatic rings. The van der Waals surface area contributed by atoms with Crippen molar-refractivity contribution < 1.29 is 11.6 Å². The quantitative estimate of drug-likeness (QED) is 0.483. The van der Waals surface area contributed by atoms with Gasteiger partial charge in [-0.05, 0) is 79.7 Å². The summed E-state index contributed by atoms with van der Waals surface area (Å²) < 4.78 is 28.6. The molecule has 2 saturated carbocycles. The summed E-state index contributed by atoms with van der Waals surface area (Å²) in [6.45, 7) is 5.97.